The number of thioether (sulfide) groups is 1. The average Bonchev–Trinajstić information content (AvgIpc) is 2.87. The van der Waals surface area contributed by atoms with Gasteiger partial charge in [-0.05, 0) is 73.8 Å². The maximum atomic E-state index is 13.6. The minimum absolute atomic E-state index is 0.0838. The van der Waals surface area contributed by atoms with Crippen molar-refractivity contribution in [1.82, 2.24) is 5.32 Å². The summed E-state index contributed by atoms with van der Waals surface area (Å²) >= 11 is 7.38. The van der Waals surface area contributed by atoms with E-state index in [2.05, 4.69) is 5.32 Å². The van der Waals surface area contributed by atoms with Gasteiger partial charge in [-0.15, -0.1) is 11.8 Å². The van der Waals surface area contributed by atoms with Crippen molar-refractivity contribution >= 4 is 45.0 Å². The lowest BCUT2D eigenvalue weighted by Crippen LogP contribution is -2.42. The number of ether oxygens (including phenoxy) is 2. The zero-order valence-electron chi connectivity index (χ0n) is 19.4. The fourth-order valence-electron chi connectivity index (χ4n) is 3.19. The fourth-order valence-corrected chi connectivity index (χ4v) is 5.16. The van der Waals surface area contributed by atoms with Crippen molar-refractivity contribution in [3.8, 4) is 11.5 Å². The summed E-state index contributed by atoms with van der Waals surface area (Å²) in [6, 6.07) is 20.2. The molecular formula is C25H27ClN2O5S2. The molecule has 186 valence electrons. The molecule has 0 saturated heterocycles. The van der Waals surface area contributed by atoms with Gasteiger partial charge in [0.15, 0.2) is 0 Å². The van der Waals surface area contributed by atoms with Gasteiger partial charge in [-0.1, -0.05) is 23.7 Å². The average molecular weight is 535 g/mol. The topological polar surface area (TPSA) is 84.9 Å². The zero-order valence-corrected chi connectivity index (χ0v) is 21.8. The van der Waals surface area contributed by atoms with E-state index in [4.69, 9.17) is 21.1 Å². The second-order valence-electron chi connectivity index (χ2n) is 7.24. The van der Waals surface area contributed by atoms with Gasteiger partial charge in [-0.2, -0.15) is 0 Å². The van der Waals surface area contributed by atoms with Gasteiger partial charge in [-0.25, -0.2) is 8.42 Å². The predicted octanol–water partition coefficient (Wildman–Crippen LogP) is 4.85. The molecule has 0 unspecified atom stereocenters. The molecule has 0 aliphatic heterocycles. The monoisotopic (exact) mass is 534 g/mol. The molecule has 3 aromatic rings. The van der Waals surface area contributed by atoms with Gasteiger partial charge in [0.2, 0.25) is 5.91 Å². The lowest BCUT2D eigenvalue weighted by atomic mass is 10.3. The molecule has 0 fully saturated rings. The van der Waals surface area contributed by atoms with E-state index in [0.29, 0.717) is 23.1 Å². The molecule has 7 nitrogen and oxygen atoms in total. The molecule has 35 heavy (non-hydrogen) atoms. The minimum Gasteiger partial charge on any atom is -0.492 e. The number of nitrogens with one attached hydrogen (secondary N) is 1. The molecule has 0 aromatic heterocycles. The van der Waals surface area contributed by atoms with E-state index in [1.54, 1.807) is 60.7 Å². The molecule has 0 heterocycles. The van der Waals surface area contributed by atoms with Crippen molar-refractivity contribution < 1.29 is 22.7 Å². The van der Waals surface area contributed by atoms with Crippen molar-refractivity contribution in [1.29, 1.82) is 0 Å². The number of para-hydroxylation sites is 2. The Morgan fingerprint density at radius 3 is 2.34 bits per heavy atom. The summed E-state index contributed by atoms with van der Waals surface area (Å²) in [5.41, 5.74) is 0.288. The number of anilines is 1. The van der Waals surface area contributed by atoms with Gasteiger partial charge in [0.05, 0.1) is 23.7 Å². The van der Waals surface area contributed by atoms with Crippen LogP contribution in [0.1, 0.15) is 6.92 Å². The van der Waals surface area contributed by atoms with Crippen molar-refractivity contribution in [2.24, 2.45) is 0 Å². The minimum atomic E-state index is -4.05. The molecule has 0 spiro atoms. The molecule has 10 heteroatoms. The molecule has 3 aromatic carbocycles. The van der Waals surface area contributed by atoms with Crippen LogP contribution >= 0.6 is 23.4 Å². The molecule has 0 radical (unpaired) electrons. The Hall–Kier alpha value is -2.88. The first kappa shape index (κ1) is 26.7. The van der Waals surface area contributed by atoms with Crippen LogP contribution in [-0.2, 0) is 14.8 Å². The Morgan fingerprint density at radius 1 is 1.00 bits per heavy atom. The predicted molar refractivity (Wildman–Crippen MR) is 140 cm³/mol. The summed E-state index contributed by atoms with van der Waals surface area (Å²) in [5.74, 6) is 0.519. The summed E-state index contributed by atoms with van der Waals surface area (Å²) in [6.45, 7) is 2.15. The van der Waals surface area contributed by atoms with E-state index in [1.165, 1.54) is 23.9 Å². The third-order valence-corrected chi connectivity index (χ3v) is 7.64. The van der Waals surface area contributed by atoms with Gasteiger partial charge in [0, 0.05) is 9.92 Å². The molecule has 0 aliphatic carbocycles. The number of sulfonamides is 1. The number of hydrogen-bond donors (Lipinski definition) is 1. The fraction of sp³-hybridized carbons (Fsp3) is 0.240. The summed E-state index contributed by atoms with van der Waals surface area (Å²) in [7, 11) is -4.05. The molecular weight excluding hydrogens is 508 g/mol. The van der Waals surface area contributed by atoms with Crippen molar-refractivity contribution in [3.63, 3.8) is 0 Å². The number of carbonyl (C=O) groups is 1. The van der Waals surface area contributed by atoms with Crippen LogP contribution in [0.15, 0.2) is 82.6 Å². The Bertz CT molecular complexity index is 1220. The van der Waals surface area contributed by atoms with Gasteiger partial charge in [0.1, 0.15) is 24.7 Å². The van der Waals surface area contributed by atoms with Crippen LogP contribution in [0.3, 0.4) is 0 Å². The third kappa shape index (κ3) is 7.30. The lowest BCUT2D eigenvalue weighted by Gasteiger charge is -2.26. The molecule has 0 saturated carbocycles. The third-order valence-electron chi connectivity index (χ3n) is 4.88. The number of amides is 1. The highest BCUT2D eigenvalue weighted by atomic mass is 35.5. The molecule has 0 atom stereocenters. The molecule has 1 N–H and O–H groups in total. The number of rotatable bonds is 12. The van der Waals surface area contributed by atoms with Gasteiger partial charge in [0.25, 0.3) is 10.0 Å². The van der Waals surface area contributed by atoms with E-state index in [9.17, 15) is 13.2 Å². The summed E-state index contributed by atoms with van der Waals surface area (Å²) in [5, 5.41) is 3.32. The van der Waals surface area contributed by atoms with Crippen LogP contribution in [0, 0.1) is 0 Å². The van der Waals surface area contributed by atoms with E-state index < -0.39 is 22.5 Å². The van der Waals surface area contributed by atoms with Crippen LogP contribution in [0.2, 0.25) is 5.02 Å². The van der Waals surface area contributed by atoms with Gasteiger partial charge < -0.3 is 14.8 Å². The SMILES string of the molecule is CCOc1ccccc1N(CC(=O)NCCOc1ccc(Cl)cc1)S(=O)(=O)c1ccc(SC)cc1. The van der Waals surface area contributed by atoms with Crippen molar-refractivity contribution in [2.45, 2.75) is 16.7 Å². The first-order valence-corrected chi connectivity index (χ1v) is 13.9. The second kappa shape index (κ2) is 12.7. The number of hydrogen-bond acceptors (Lipinski definition) is 6. The standard InChI is InChI=1S/C25H27ClN2O5S2/c1-3-32-24-7-5-4-6-23(24)28(35(30,31)22-14-12-21(34-2)13-15-22)18-25(29)27-16-17-33-20-10-8-19(26)9-11-20/h4-15H,3,16-18H2,1-2H3,(H,27,29). The first-order chi connectivity index (χ1) is 16.8. The normalized spacial score (nSPS) is 11.1. The lowest BCUT2D eigenvalue weighted by molar-refractivity contribution is -0.119. The van der Waals surface area contributed by atoms with Crippen LogP contribution < -0.4 is 19.1 Å². The van der Waals surface area contributed by atoms with Crippen molar-refractivity contribution in [3.05, 3.63) is 77.8 Å². The van der Waals surface area contributed by atoms with Crippen LogP contribution in [0.25, 0.3) is 0 Å². The summed E-state index contributed by atoms with van der Waals surface area (Å²) < 4.78 is 39.5. The second-order valence-corrected chi connectivity index (χ2v) is 10.4. The highest BCUT2D eigenvalue weighted by molar-refractivity contribution is 7.98. The number of benzene rings is 3. The number of halogens is 1. The largest absolute Gasteiger partial charge is 0.492 e. The van der Waals surface area contributed by atoms with Gasteiger partial charge >= 0.3 is 0 Å². The Kier molecular flexibility index (Phi) is 9.71. The van der Waals surface area contributed by atoms with Crippen molar-refractivity contribution in [2.75, 3.05) is 36.9 Å². The zero-order chi connectivity index (χ0) is 25.3. The van der Waals surface area contributed by atoms with E-state index >= 15 is 0 Å². The van der Waals surface area contributed by atoms with Crippen LogP contribution in [0.5, 0.6) is 11.5 Å². The first-order valence-electron chi connectivity index (χ1n) is 10.9. The summed E-state index contributed by atoms with van der Waals surface area (Å²) in [4.78, 5) is 13.8. The Labute approximate surface area is 215 Å². The highest BCUT2D eigenvalue weighted by Crippen LogP contribution is 2.32. The molecule has 0 bridgehead atoms. The van der Waals surface area contributed by atoms with Crippen LogP contribution in [0.4, 0.5) is 5.69 Å². The van der Waals surface area contributed by atoms with Gasteiger partial charge in [-0.3, -0.25) is 9.10 Å². The highest BCUT2D eigenvalue weighted by Gasteiger charge is 2.29. The van der Waals surface area contributed by atoms with E-state index in [-0.39, 0.29) is 23.7 Å². The maximum absolute atomic E-state index is 13.6. The Balaban J connectivity index is 1.77. The number of carbonyl (C=O) groups excluding carboxylic acids is 1. The summed E-state index contributed by atoms with van der Waals surface area (Å²) in [6.07, 6.45) is 1.91. The quantitative estimate of drug-likeness (QED) is 0.264. The van der Waals surface area contributed by atoms with E-state index in [1.807, 2.05) is 13.2 Å². The van der Waals surface area contributed by atoms with Crippen LogP contribution in [-0.4, -0.2) is 46.9 Å². The Morgan fingerprint density at radius 2 is 1.69 bits per heavy atom. The smallest absolute Gasteiger partial charge is 0.264 e. The maximum Gasteiger partial charge on any atom is 0.264 e. The molecule has 3 rings (SSSR count). The number of nitrogens with zero attached hydrogens (tertiary/aromatic N) is 1. The molecule has 0 aliphatic rings. The molecule has 1 amide bonds. The van der Waals surface area contributed by atoms with E-state index in [0.717, 1.165) is 9.20 Å².